The van der Waals surface area contributed by atoms with Crippen molar-refractivity contribution in [2.75, 3.05) is 18.1 Å². The van der Waals surface area contributed by atoms with Gasteiger partial charge in [0.15, 0.2) is 0 Å². The first-order valence-corrected chi connectivity index (χ1v) is 8.03. The molecule has 0 spiro atoms. The zero-order valence-corrected chi connectivity index (χ0v) is 11.5. The highest BCUT2D eigenvalue weighted by atomic mass is 32.2. The molecule has 0 aromatic heterocycles. The lowest BCUT2D eigenvalue weighted by Gasteiger charge is -2.33. The molecule has 0 atom stereocenters. The van der Waals surface area contributed by atoms with E-state index in [-0.39, 0.29) is 5.41 Å². The fraction of sp³-hybridized carbons (Fsp3) is 0.600. The van der Waals surface area contributed by atoms with Gasteiger partial charge in [-0.1, -0.05) is 31.0 Å². The first-order chi connectivity index (χ1) is 8.84. The Morgan fingerprint density at radius 2 is 1.94 bits per heavy atom. The van der Waals surface area contributed by atoms with Gasteiger partial charge in [0.05, 0.1) is 0 Å². The number of hydrogen-bond acceptors (Lipinski definition) is 3. The van der Waals surface area contributed by atoms with Crippen molar-refractivity contribution < 1.29 is 4.74 Å². The summed E-state index contributed by atoms with van der Waals surface area (Å²) in [6.45, 7) is 0.743. The Labute approximate surface area is 113 Å². The molecule has 0 amide bonds. The third kappa shape index (κ3) is 2.14. The molecule has 1 saturated carbocycles. The molecule has 18 heavy (non-hydrogen) atoms. The number of nitrogens with two attached hydrogens (primary N) is 1. The standard InChI is InChI=1S/C15H21NOS/c16-11-15(7-3-4-8-15)13-5-1-2-6-14(13)17-12-9-18-10-12/h1-2,5-6,12H,3-4,7-11,16H2. The Morgan fingerprint density at radius 1 is 1.22 bits per heavy atom. The lowest BCUT2D eigenvalue weighted by Crippen LogP contribution is -2.35. The van der Waals surface area contributed by atoms with Crippen molar-refractivity contribution in [3.8, 4) is 5.75 Å². The van der Waals surface area contributed by atoms with Crippen LogP contribution in [-0.2, 0) is 5.41 Å². The summed E-state index contributed by atoms with van der Waals surface area (Å²) in [4.78, 5) is 0. The van der Waals surface area contributed by atoms with Crippen molar-refractivity contribution in [2.24, 2.45) is 5.73 Å². The van der Waals surface area contributed by atoms with E-state index in [1.165, 1.54) is 31.2 Å². The van der Waals surface area contributed by atoms with Gasteiger partial charge in [0, 0.05) is 29.0 Å². The van der Waals surface area contributed by atoms with Gasteiger partial charge in [-0.15, -0.1) is 0 Å². The first kappa shape index (κ1) is 12.4. The zero-order valence-electron chi connectivity index (χ0n) is 10.7. The zero-order chi connectivity index (χ0) is 12.4. The van der Waals surface area contributed by atoms with E-state index < -0.39 is 0 Å². The maximum absolute atomic E-state index is 6.14. The summed E-state index contributed by atoms with van der Waals surface area (Å²) in [5, 5.41) is 0. The minimum absolute atomic E-state index is 0.174. The second-order valence-electron chi connectivity index (χ2n) is 5.47. The van der Waals surface area contributed by atoms with Gasteiger partial charge >= 0.3 is 0 Å². The van der Waals surface area contributed by atoms with E-state index >= 15 is 0 Å². The lowest BCUT2D eigenvalue weighted by molar-refractivity contribution is 0.232. The molecule has 2 nitrogen and oxygen atoms in total. The van der Waals surface area contributed by atoms with E-state index in [0.29, 0.717) is 6.10 Å². The molecule has 1 aromatic carbocycles. The van der Waals surface area contributed by atoms with E-state index in [9.17, 15) is 0 Å². The number of ether oxygens (including phenoxy) is 1. The van der Waals surface area contributed by atoms with Gasteiger partial charge in [-0.2, -0.15) is 11.8 Å². The molecule has 1 aliphatic carbocycles. The quantitative estimate of drug-likeness (QED) is 0.907. The van der Waals surface area contributed by atoms with Crippen molar-refractivity contribution in [3.63, 3.8) is 0 Å². The lowest BCUT2D eigenvalue weighted by atomic mass is 9.78. The summed E-state index contributed by atoms with van der Waals surface area (Å²) < 4.78 is 6.14. The summed E-state index contributed by atoms with van der Waals surface area (Å²) >= 11 is 1.96. The molecule has 98 valence electrons. The van der Waals surface area contributed by atoms with Gasteiger partial charge in [-0.3, -0.25) is 0 Å². The van der Waals surface area contributed by atoms with Crippen LogP contribution >= 0.6 is 11.8 Å². The van der Waals surface area contributed by atoms with Crippen molar-refractivity contribution in [2.45, 2.75) is 37.2 Å². The number of hydrogen-bond donors (Lipinski definition) is 1. The minimum Gasteiger partial charge on any atom is -0.488 e. The van der Waals surface area contributed by atoms with Crippen LogP contribution in [0.4, 0.5) is 0 Å². The smallest absolute Gasteiger partial charge is 0.123 e. The molecule has 2 aliphatic rings. The Hall–Kier alpha value is -0.670. The summed E-state index contributed by atoms with van der Waals surface area (Å²) in [6.07, 6.45) is 5.43. The topological polar surface area (TPSA) is 35.2 Å². The summed E-state index contributed by atoms with van der Waals surface area (Å²) in [6, 6.07) is 8.53. The Balaban J connectivity index is 1.89. The maximum atomic E-state index is 6.14. The predicted molar refractivity (Wildman–Crippen MR) is 77.4 cm³/mol. The summed E-state index contributed by atoms with van der Waals surface area (Å²) in [5.41, 5.74) is 7.61. The molecule has 0 radical (unpaired) electrons. The van der Waals surface area contributed by atoms with Crippen molar-refractivity contribution >= 4 is 11.8 Å². The third-order valence-electron chi connectivity index (χ3n) is 4.31. The van der Waals surface area contributed by atoms with E-state index in [0.717, 1.165) is 23.8 Å². The molecule has 1 saturated heterocycles. The molecular weight excluding hydrogens is 242 g/mol. The van der Waals surface area contributed by atoms with Crippen LogP contribution in [0.15, 0.2) is 24.3 Å². The number of benzene rings is 1. The molecule has 2 fully saturated rings. The van der Waals surface area contributed by atoms with Crippen LogP contribution in [0.1, 0.15) is 31.2 Å². The van der Waals surface area contributed by atoms with Gasteiger partial charge in [0.2, 0.25) is 0 Å². The highest BCUT2D eigenvalue weighted by Crippen LogP contribution is 2.44. The SMILES string of the molecule is NCC1(c2ccccc2OC2CSC2)CCCC1. The average Bonchev–Trinajstić information content (AvgIpc) is 2.84. The highest BCUT2D eigenvalue weighted by molar-refractivity contribution is 8.00. The highest BCUT2D eigenvalue weighted by Gasteiger charge is 2.37. The van der Waals surface area contributed by atoms with Gasteiger partial charge in [0.25, 0.3) is 0 Å². The Bertz CT molecular complexity index is 411. The molecule has 0 unspecified atom stereocenters. The minimum atomic E-state index is 0.174. The van der Waals surface area contributed by atoms with E-state index in [2.05, 4.69) is 24.3 Å². The van der Waals surface area contributed by atoms with E-state index in [1.54, 1.807) is 0 Å². The fourth-order valence-corrected chi connectivity index (χ4v) is 3.67. The monoisotopic (exact) mass is 263 g/mol. The van der Waals surface area contributed by atoms with Crippen LogP contribution in [0, 0.1) is 0 Å². The number of para-hydroxylation sites is 1. The average molecular weight is 263 g/mol. The van der Waals surface area contributed by atoms with Crippen LogP contribution in [0.5, 0.6) is 5.75 Å². The van der Waals surface area contributed by atoms with Gasteiger partial charge in [-0.25, -0.2) is 0 Å². The summed E-state index contributed by atoms with van der Waals surface area (Å²) in [7, 11) is 0. The molecule has 1 aliphatic heterocycles. The second-order valence-corrected chi connectivity index (χ2v) is 6.54. The van der Waals surface area contributed by atoms with Crippen molar-refractivity contribution in [1.82, 2.24) is 0 Å². The maximum Gasteiger partial charge on any atom is 0.123 e. The second kappa shape index (κ2) is 5.14. The van der Waals surface area contributed by atoms with Crippen molar-refractivity contribution in [1.29, 1.82) is 0 Å². The number of rotatable bonds is 4. The first-order valence-electron chi connectivity index (χ1n) is 6.88. The van der Waals surface area contributed by atoms with Gasteiger partial charge in [0.1, 0.15) is 11.9 Å². The van der Waals surface area contributed by atoms with Crippen molar-refractivity contribution in [3.05, 3.63) is 29.8 Å². The normalized spacial score (nSPS) is 22.7. The van der Waals surface area contributed by atoms with Crippen LogP contribution in [0.25, 0.3) is 0 Å². The van der Waals surface area contributed by atoms with E-state index in [1.807, 2.05) is 11.8 Å². The molecule has 2 N–H and O–H groups in total. The predicted octanol–water partition coefficient (Wildman–Crippen LogP) is 2.95. The van der Waals surface area contributed by atoms with Crippen LogP contribution in [0.3, 0.4) is 0 Å². The van der Waals surface area contributed by atoms with Gasteiger partial charge in [-0.05, 0) is 18.9 Å². The molecule has 3 rings (SSSR count). The molecule has 1 aromatic rings. The van der Waals surface area contributed by atoms with Gasteiger partial charge < -0.3 is 10.5 Å². The van der Waals surface area contributed by atoms with Crippen LogP contribution in [-0.4, -0.2) is 24.2 Å². The Kier molecular flexibility index (Phi) is 3.53. The third-order valence-corrected chi connectivity index (χ3v) is 5.53. The molecule has 3 heteroatoms. The van der Waals surface area contributed by atoms with E-state index in [4.69, 9.17) is 10.5 Å². The van der Waals surface area contributed by atoms with Crippen LogP contribution < -0.4 is 10.5 Å². The molecule has 1 heterocycles. The number of thioether (sulfide) groups is 1. The largest absolute Gasteiger partial charge is 0.488 e. The fourth-order valence-electron chi connectivity index (χ4n) is 3.10. The molecular formula is C15H21NOS. The van der Waals surface area contributed by atoms with Crippen LogP contribution in [0.2, 0.25) is 0 Å². The Morgan fingerprint density at radius 3 is 2.56 bits per heavy atom. The molecule has 0 bridgehead atoms. The summed E-state index contributed by atoms with van der Waals surface area (Å²) in [5.74, 6) is 3.34.